The first-order valence-electron chi connectivity index (χ1n) is 7.82. The standard InChI is InChI=1S/C19H20N4O/c1-12(2)13-6-8-15(9-7-13)22-19-21-11-17(18(20)23-19)14-4-3-5-16(24)10-14/h3-12,24H,1-2H3,(H3,20,21,22,23). The number of nitrogens with zero attached hydrogens (tertiary/aromatic N) is 2. The Balaban J connectivity index is 1.82. The van der Waals surface area contributed by atoms with Crippen LogP contribution in [0.5, 0.6) is 5.75 Å². The van der Waals surface area contributed by atoms with Gasteiger partial charge in [-0.3, -0.25) is 0 Å². The first kappa shape index (κ1) is 15.8. The number of nitrogens with two attached hydrogens (primary N) is 1. The summed E-state index contributed by atoms with van der Waals surface area (Å²) in [4.78, 5) is 8.62. The maximum absolute atomic E-state index is 9.58. The van der Waals surface area contributed by atoms with Crippen molar-refractivity contribution in [1.82, 2.24) is 9.97 Å². The molecule has 0 bridgehead atoms. The number of nitrogens with one attached hydrogen (secondary N) is 1. The lowest BCUT2D eigenvalue weighted by molar-refractivity contribution is 0.475. The summed E-state index contributed by atoms with van der Waals surface area (Å²) in [5, 5.41) is 12.7. The zero-order valence-electron chi connectivity index (χ0n) is 13.7. The number of benzene rings is 2. The summed E-state index contributed by atoms with van der Waals surface area (Å²) in [7, 11) is 0. The summed E-state index contributed by atoms with van der Waals surface area (Å²) < 4.78 is 0. The van der Waals surface area contributed by atoms with E-state index in [4.69, 9.17) is 5.73 Å². The van der Waals surface area contributed by atoms with E-state index in [1.807, 2.05) is 18.2 Å². The monoisotopic (exact) mass is 320 g/mol. The van der Waals surface area contributed by atoms with E-state index in [0.29, 0.717) is 23.2 Å². The van der Waals surface area contributed by atoms with Crippen molar-refractivity contribution in [3.05, 3.63) is 60.3 Å². The molecule has 0 amide bonds. The largest absolute Gasteiger partial charge is 0.508 e. The number of nitrogen functional groups attached to an aromatic ring is 1. The van der Waals surface area contributed by atoms with Gasteiger partial charge in [0.15, 0.2) is 0 Å². The van der Waals surface area contributed by atoms with E-state index in [-0.39, 0.29) is 5.75 Å². The Labute approximate surface area is 141 Å². The molecule has 1 aromatic heterocycles. The maximum Gasteiger partial charge on any atom is 0.229 e. The van der Waals surface area contributed by atoms with Gasteiger partial charge in [-0.2, -0.15) is 4.98 Å². The normalized spacial score (nSPS) is 10.8. The SMILES string of the molecule is CC(C)c1ccc(Nc2ncc(-c3cccc(O)c3)c(N)n2)cc1. The molecule has 0 saturated heterocycles. The van der Waals surface area contributed by atoms with Crippen LogP contribution in [0.25, 0.3) is 11.1 Å². The van der Waals surface area contributed by atoms with Crippen molar-refractivity contribution in [3.8, 4) is 16.9 Å². The highest BCUT2D eigenvalue weighted by Crippen LogP contribution is 2.27. The van der Waals surface area contributed by atoms with Gasteiger partial charge in [0.25, 0.3) is 0 Å². The number of phenolic OH excluding ortho intramolecular Hbond substituents is 1. The quantitative estimate of drug-likeness (QED) is 0.667. The summed E-state index contributed by atoms with van der Waals surface area (Å²) in [5.41, 5.74) is 9.70. The Morgan fingerprint density at radius 2 is 1.83 bits per heavy atom. The highest BCUT2D eigenvalue weighted by Gasteiger charge is 2.08. The number of aromatic hydroxyl groups is 1. The molecular weight excluding hydrogens is 300 g/mol. The van der Waals surface area contributed by atoms with Gasteiger partial charge in [-0.15, -0.1) is 0 Å². The van der Waals surface area contributed by atoms with Crippen molar-refractivity contribution in [2.45, 2.75) is 19.8 Å². The molecule has 5 nitrogen and oxygen atoms in total. The van der Waals surface area contributed by atoms with Crippen LogP contribution in [-0.4, -0.2) is 15.1 Å². The predicted octanol–water partition coefficient (Wildman–Crippen LogP) is 4.30. The Morgan fingerprint density at radius 1 is 1.08 bits per heavy atom. The number of aromatic nitrogens is 2. The molecule has 5 heteroatoms. The highest BCUT2D eigenvalue weighted by molar-refractivity contribution is 5.75. The van der Waals surface area contributed by atoms with Gasteiger partial charge < -0.3 is 16.2 Å². The van der Waals surface area contributed by atoms with Gasteiger partial charge in [0, 0.05) is 17.4 Å². The zero-order chi connectivity index (χ0) is 17.1. The lowest BCUT2D eigenvalue weighted by Gasteiger charge is -2.10. The van der Waals surface area contributed by atoms with Crippen molar-refractivity contribution in [2.24, 2.45) is 0 Å². The van der Waals surface area contributed by atoms with Gasteiger partial charge in [0.05, 0.1) is 0 Å². The van der Waals surface area contributed by atoms with Gasteiger partial charge in [-0.05, 0) is 41.3 Å². The molecule has 0 spiro atoms. The van der Waals surface area contributed by atoms with Gasteiger partial charge >= 0.3 is 0 Å². The summed E-state index contributed by atoms with van der Waals surface area (Å²) in [5.74, 6) is 1.47. The average molecular weight is 320 g/mol. The summed E-state index contributed by atoms with van der Waals surface area (Å²) in [6.45, 7) is 4.32. The van der Waals surface area contributed by atoms with E-state index in [0.717, 1.165) is 11.3 Å². The van der Waals surface area contributed by atoms with E-state index >= 15 is 0 Å². The topological polar surface area (TPSA) is 84.1 Å². The minimum atomic E-state index is 0.180. The predicted molar refractivity (Wildman–Crippen MR) is 97.4 cm³/mol. The van der Waals surface area contributed by atoms with Crippen molar-refractivity contribution < 1.29 is 5.11 Å². The lowest BCUT2D eigenvalue weighted by Crippen LogP contribution is -2.02. The second kappa shape index (κ2) is 6.58. The molecule has 1 heterocycles. The van der Waals surface area contributed by atoms with Crippen LogP contribution in [0.2, 0.25) is 0 Å². The van der Waals surface area contributed by atoms with Crippen LogP contribution in [0, 0.1) is 0 Å². The van der Waals surface area contributed by atoms with E-state index in [1.165, 1.54) is 5.56 Å². The first-order valence-corrected chi connectivity index (χ1v) is 7.82. The molecular formula is C19H20N4O. The molecule has 4 N–H and O–H groups in total. The van der Waals surface area contributed by atoms with Crippen molar-refractivity contribution in [2.75, 3.05) is 11.1 Å². The van der Waals surface area contributed by atoms with Gasteiger partial charge in [0.1, 0.15) is 11.6 Å². The maximum atomic E-state index is 9.58. The second-order valence-electron chi connectivity index (χ2n) is 5.94. The molecule has 0 radical (unpaired) electrons. The molecule has 122 valence electrons. The van der Waals surface area contributed by atoms with Gasteiger partial charge in [-0.1, -0.05) is 38.1 Å². The van der Waals surface area contributed by atoms with E-state index < -0.39 is 0 Å². The van der Waals surface area contributed by atoms with Crippen LogP contribution in [0.1, 0.15) is 25.3 Å². The molecule has 0 aliphatic heterocycles. The number of hydrogen-bond donors (Lipinski definition) is 3. The van der Waals surface area contributed by atoms with Gasteiger partial charge in [0.2, 0.25) is 5.95 Å². The van der Waals surface area contributed by atoms with Crippen LogP contribution in [0.15, 0.2) is 54.7 Å². The van der Waals surface area contributed by atoms with E-state index in [1.54, 1.807) is 24.4 Å². The van der Waals surface area contributed by atoms with Crippen LogP contribution >= 0.6 is 0 Å². The van der Waals surface area contributed by atoms with E-state index in [9.17, 15) is 5.11 Å². The minimum absolute atomic E-state index is 0.180. The zero-order valence-corrected chi connectivity index (χ0v) is 13.7. The highest BCUT2D eigenvalue weighted by atomic mass is 16.3. The van der Waals surface area contributed by atoms with Crippen LogP contribution in [-0.2, 0) is 0 Å². The molecule has 0 unspecified atom stereocenters. The third-order valence-corrected chi connectivity index (χ3v) is 3.81. The fourth-order valence-corrected chi connectivity index (χ4v) is 2.43. The fourth-order valence-electron chi connectivity index (χ4n) is 2.43. The smallest absolute Gasteiger partial charge is 0.229 e. The summed E-state index contributed by atoms with van der Waals surface area (Å²) in [6, 6.07) is 15.0. The fraction of sp³-hybridized carbons (Fsp3) is 0.158. The molecule has 0 aliphatic carbocycles. The number of rotatable bonds is 4. The molecule has 3 rings (SSSR count). The van der Waals surface area contributed by atoms with Crippen LogP contribution < -0.4 is 11.1 Å². The van der Waals surface area contributed by atoms with Crippen molar-refractivity contribution in [3.63, 3.8) is 0 Å². The second-order valence-corrected chi connectivity index (χ2v) is 5.94. The Hall–Kier alpha value is -3.08. The van der Waals surface area contributed by atoms with Crippen molar-refractivity contribution in [1.29, 1.82) is 0 Å². The molecule has 3 aromatic rings. The van der Waals surface area contributed by atoms with Crippen LogP contribution in [0.4, 0.5) is 17.5 Å². The molecule has 0 aliphatic rings. The first-order chi connectivity index (χ1) is 11.5. The number of hydrogen-bond acceptors (Lipinski definition) is 5. The Bertz CT molecular complexity index is 844. The third-order valence-electron chi connectivity index (χ3n) is 3.81. The molecule has 2 aromatic carbocycles. The Kier molecular flexibility index (Phi) is 4.33. The molecule has 0 saturated carbocycles. The Morgan fingerprint density at radius 3 is 2.46 bits per heavy atom. The number of phenols is 1. The van der Waals surface area contributed by atoms with Crippen molar-refractivity contribution >= 4 is 17.5 Å². The minimum Gasteiger partial charge on any atom is -0.508 e. The van der Waals surface area contributed by atoms with E-state index in [2.05, 4.69) is 41.3 Å². The van der Waals surface area contributed by atoms with Gasteiger partial charge in [-0.25, -0.2) is 4.98 Å². The molecule has 24 heavy (non-hydrogen) atoms. The summed E-state index contributed by atoms with van der Waals surface area (Å²) >= 11 is 0. The molecule has 0 fully saturated rings. The van der Waals surface area contributed by atoms with Crippen LogP contribution in [0.3, 0.4) is 0 Å². The lowest BCUT2D eigenvalue weighted by atomic mass is 10.0. The average Bonchev–Trinajstić information content (AvgIpc) is 2.55. The third kappa shape index (κ3) is 3.46. The molecule has 0 atom stereocenters. The number of anilines is 3. The summed E-state index contributed by atoms with van der Waals surface area (Å²) in [6.07, 6.45) is 1.65.